The number of rotatable bonds is 7. The van der Waals surface area contributed by atoms with E-state index in [-0.39, 0.29) is 29.8 Å². The van der Waals surface area contributed by atoms with E-state index in [1.165, 1.54) is 0 Å². The molecule has 0 saturated heterocycles. The van der Waals surface area contributed by atoms with Crippen LogP contribution in [0.5, 0.6) is 0 Å². The third-order valence-electron chi connectivity index (χ3n) is 7.36. The zero-order valence-electron chi connectivity index (χ0n) is 22.1. The molecule has 0 unspecified atom stereocenters. The zero-order chi connectivity index (χ0) is 26.2. The van der Waals surface area contributed by atoms with Crippen molar-refractivity contribution >= 4 is 17.7 Å². The van der Waals surface area contributed by atoms with Crippen molar-refractivity contribution in [3.8, 4) is 5.69 Å². The molecule has 0 aliphatic heterocycles. The molecule has 1 aromatic carbocycles. The second kappa shape index (κ2) is 10.2. The summed E-state index contributed by atoms with van der Waals surface area (Å²) in [5, 5.41) is 4.73. The molecule has 1 saturated carbocycles. The third-order valence-corrected chi connectivity index (χ3v) is 7.36. The number of esters is 1. The summed E-state index contributed by atoms with van der Waals surface area (Å²) in [5.74, 6) is -0.123. The number of carbonyl (C=O) groups is 3. The lowest BCUT2D eigenvalue weighted by Gasteiger charge is -2.30. The van der Waals surface area contributed by atoms with Crippen molar-refractivity contribution in [1.82, 2.24) is 14.7 Å². The summed E-state index contributed by atoms with van der Waals surface area (Å²) >= 11 is 0. The largest absolute Gasteiger partial charge is 0.461 e. The van der Waals surface area contributed by atoms with Crippen molar-refractivity contribution in [3.63, 3.8) is 0 Å². The van der Waals surface area contributed by atoms with Crippen LogP contribution in [0.3, 0.4) is 0 Å². The Morgan fingerprint density at radius 2 is 1.86 bits per heavy atom. The summed E-state index contributed by atoms with van der Waals surface area (Å²) in [4.78, 5) is 38.9. The average molecular weight is 495 g/mol. The molecule has 36 heavy (non-hydrogen) atoms. The number of nitrogens with two attached hydrogens (primary N) is 1. The van der Waals surface area contributed by atoms with E-state index in [4.69, 9.17) is 15.6 Å². The van der Waals surface area contributed by atoms with Gasteiger partial charge in [0.25, 0.3) is 0 Å². The number of aryl methyl sites for hydroxylation is 1. The summed E-state index contributed by atoms with van der Waals surface area (Å²) in [6.45, 7) is 6.38. The number of hydrogen-bond acceptors (Lipinski definition) is 6. The van der Waals surface area contributed by atoms with E-state index >= 15 is 0 Å². The van der Waals surface area contributed by atoms with E-state index in [0.717, 1.165) is 66.7 Å². The van der Waals surface area contributed by atoms with Crippen LogP contribution in [0.15, 0.2) is 18.2 Å². The summed E-state index contributed by atoms with van der Waals surface area (Å²) in [7, 11) is 3.70. The number of amides is 1. The fourth-order valence-corrected chi connectivity index (χ4v) is 5.72. The fraction of sp³-hybridized carbons (Fsp3) is 0.571. The van der Waals surface area contributed by atoms with Crippen molar-refractivity contribution < 1.29 is 19.1 Å². The maximum Gasteiger partial charge on any atom is 0.320 e. The summed E-state index contributed by atoms with van der Waals surface area (Å²) in [6.07, 6.45) is 5.43. The number of fused-ring (bicyclic) bond motifs is 1. The smallest absolute Gasteiger partial charge is 0.320 e. The van der Waals surface area contributed by atoms with Crippen molar-refractivity contribution in [2.24, 2.45) is 17.1 Å². The number of Topliss-reactive ketones (excluding diaryl/α,β-unsaturated/α-hetero) is 1. The Labute approximate surface area is 213 Å². The molecule has 8 nitrogen and oxygen atoms in total. The second-order valence-corrected chi connectivity index (χ2v) is 11.5. The molecule has 8 heteroatoms. The normalized spacial score (nSPS) is 21.3. The highest BCUT2D eigenvalue weighted by Gasteiger charge is 2.36. The van der Waals surface area contributed by atoms with Gasteiger partial charge in [0.05, 0.1) is 29.2 Å². The van der Waals surface area contributed by atoms with Gasteiger partial charge in [0.1, 0.15) is 6.10 Å². The van der Waals surface area contributed by atoms with Crippen molar-refractivity contribution in [2.45, 2.75) is 71.8 Å². The number of aromatic nitrogens is 2. The van der Waals surface area contributed by atoms with Gasteiger partial charge < -0.3 is 10.5 Å². The minimum atomic E-state index is -0.446. The van der Waals surface area contributed by atoms with E-state index in [0.29, 0.717) is 17.9 Å². The topological polar surface area (TPSA) is 108 Å². The minimum Gasteiger partial charge on any atom is -0.461 e. The van der Waals surface area contributed by atoms with E-state index in [1.807, 2.05) is 37.8 Å². The first-order valence-electron chi connectivity index (χ1n) is 12.8. The molecule has 2 N–H and O–H groups in total. The Kier molecular flexibility index (Phi) is 7.36. The Bertz CT molecular complexity index is 1170. The molecular formula is C28H38N4O4. The fourth-order valence-electron chi connectivity index (χ4n) is 5.72. The van der Waals surface area contributed by atoms with Crippen LogP contribution in [-0.4, -0.2) is 59.1 Å². The molecule has 1 fully saturated rings. The van der Waals surface area contributed by atoms with Gasteiger partial charge in [-0.2, -0.15) is 5.10 Å². The van der Waals surface area contributed by atoms with Crippen LogP contribution >= 0.6 is 0 Å². The third kappa shape index (κ3) is 5.69. The van der Waals surface area contributed by atoms with Crippen LogP contribution in [0.4, 0.5) is 0 Å². The number of ketones is 1. The molecule has 1 aromatic heterocycles. The van der Waals surface area contributed by atoms with Crippen molar-refractivity contribution in [1.29, 1.82) is 0 Å². The number of carbonyl (C=O) groups excluding carboxylic acids is 3. The Balaban J connectivity index is 1.54. The van der Waals surface area contributed by atoms with Crippen LogP contribution in [0.25, 0.3) is 5.69 Å². The molecule has 2 aromatic rings. The van der Waals surface area contributed by atoms with Gasteiger partial charge >= 0.3 is 5.97 Å². The molecule has 0 bridgehead atoms. The lowest BCUT2D eigenvalue weighted by atomic mass is 9.75. The zero-order valence-corrected chi connectivity index (χ0v) is 22.1. The summed E-state index contributed by atoms with van der Waals surface area (Å²) < 4.78 is 7.50. The number of hydrogen-bond donors (Lipinski definition) is 1. The first kappa shape index (κ1) is 26.1. The Hall–Kier alpha value is -3.00. The molecule has 194 valence electrons. The van der Waals surface area contributed by atoms with Gasteiger partial charge in [0.2, 0.25) is 5.91 Å². The maximum atomic E-state index is 12.8. The first-order valence-corrected chi connectivity index (χ1v) is 12.8. The SMILES string of the molecule is Cc1nn(-c2ccc(C(N)=O)c(CC3CCC(OC(=O)CN(C)C)CC3)c2)c2c1C(=O)CC(C)(C)C2. The average Bonchev–Trinajstić information content (AvgIpc) is 3.09. The minimum absolute atomic E-state index is 0.0462. The number of benzene rings is 1. The van der Waals surface area contributed by atoms with Crippen LogP contribution < -0.4 is 5.73 Å². The standard InChI is InChI=1S/C28H38N4O4/c1-17-26-23(14-28(2,3)15-24(26)33)32(30-17)20-8-11-22(27(29)35)19(13-20)12-18-6-9-21(10-7-18)36-25(34)16-31(4)5/h8,11,13,18,21H,6-7,9-10,12,14-16H2,1-5H3,(H2,29,35). The van der Waals surface area contributed by atoms with E-state index in [1.54, 1.807) is 11.0 Å². The molecule has 1 amide bonds. The lowest BCUT2D eigenvalue weighted by molar-refractivity contribution is -0.151. The summed E-state index contributed by atoms with van der Waals surface area (Å²) in [5.41, 5.74) is 10.3. The highest BCUT2D eigenvalue weighted by atomic mass is 16.5. The second-order valence-electron chi connectivity index (χ2n) is 11.5. The molecule has 0 radical (unpaired) electrons. The van der Waals surface area contributed by atoms with E-state index < -0.39 is 5.91 Å². The van der Waals surface area contributed by atoms with Gasteiger partial charge in [-0.3, -0.25) is 19.3 Å². The predicted octanol–water partition coefficient (Wildman–Crippen LogP) is 3.64. The van der Waals surface area contributed by atoms with Gasteiger partial charge in [-0.05, 0) is 94.6 Å². The maximum absolute atomic E-state index is 12.8. The predicted molar refractivity (Wildman–Crippen MR) is 137 cm³/mol. The van der Waals surface area contributed by atoms with Gasteiger partial charge in [-0.15, -0.1) is 0 Å². The molecular weight excluding hydrogens is 456 g/mol. The van der Waals surface area contributed by atoms with E-state index in [2.05, 4.69) is 13.8 Å². The molecule has 1 heterocycles. The highest BCUT2D eigenvalue weighted by molar-refractivity contribution is 6.00. The first-order chi connectivity index (χ1) is 16.9. The molecule has 2 aliphatic rings. The van der Waals surface area contributed by atoms with E-state index in [9.17, 15) is 14.4 Å². The monoisotopic (exact) mass is 494 g/mol. The van der Waals surface area contributed by atoms with Gasteiger partial charge in [-0.1, -0.05) is 13.8 Å². The number of likely N-dealkylation sites (N-methyl/N-ethyl adjacent to an activating group) is 1. The van der Waals surface area contributed by atoms with Crippen molar-refractivity contribution in [2.75, 3.05) is 20.6 Å². The van der Waals surface area contributed by atoms with Crippen LogP contribution in [0.2, 0.25) is 0 Å². The lowest BCUT2D eigenvalue weighted by Crippen LogP contribution is -2.30. The van der Waals surface area contributed by atoms with Crippen molar-refractivity contribution in [3.05, 3.63) is 46.3 Å². The molecule has 4 rings (SSSR count). The van der Waals surface area contributed by atoms with Crippen LogP contribution in [0, 0.1) is 18.3 Å². The number of nitrogens with zero attached hydrogens (tertiary/aromatic N) is 3. The quantitative estimate of drug-likeness (QED) is 0.589. The van der Waals surface area contributed by atoms with Gasteiger partial charge in [0.15, 0.2) is 5.78 Å². The molecule has 0 spiro atoms. The highest BCUT2D eigenvalue weighted by Crippen LogP contribution is 2.37. The summed E-state index contributed by atoms with van der Waals surface area (Å²) in [6, 6.07) is 5.65. The Morgan fingerprint density at radius 1 is 1.17 bits per heavy atom. The number of ether oxygens (including phenoxy) is 1. The van der Waals surface area contributed by atoms with Crippen LogP contribution in [0.1, 0.15) is 83.6 Å². The molecule has 2 aliphatic carbocycles. The Morgan fingerprint density at radius 3 is 2.50 bits per heavy atom. The number of primary amides is 1. The van der Waals surface area contributed by atoms with Gasteiger partial charge in [0, 0.05) is 12.0 Å². The molecule has 0 atom stereocenters. The van der Waals surface area contributed by atoms with Gasteiger partial charge in [-0.25, -0.2) is 4.68 Å². The van der Waals surface area contributed by atoms with Crippen LogP contribution in [-0.2, 0) is 22.4 Å².